The van der Waals surface area contributed by atoms with Gasteiger partial charge >= 0.3 is 0 Å². The molecule has 2 heteroatoms. The molecule has 0 saturated heterocycles. The van der Waals surface area contributed by atoms with Crippen molar-refractivity contribution in [3.63, 3.8) is 0 Å². The number of carbonyl (C=O) groups is 1. The Morgan fingerprint density at radius 1 is 1.17 bits per heavy atom. The predicted molar refractivity (Wildman–Crippen MR) is 73.0 cm³/mol. The first-order chi connectivity index (χ1) is 8.84. The third-order valence-corrected chi connectivity index (χ3v) is 4.12. The highest BCUT2D eigenvalue weighted by Gasteiger charge is 2.29. The molecule has 0 N–H and O–H groups in total. The molecule has 0 atom stereocenters. The van der Waals surface area contributed by atoms with Crippen molar-refractivity contribution in [1.29, 1.82) is 0 Å². The lowest BCUT2D eigenvalue weighted by molar-refractivity contribution is -0.137. The van der Waals surface area contributed by atoms with Crippen LogP contribution in [-0.4, -0.2) is 23.9 Å². The number of hydrogen-bond donors (Lipinski definition) is 0. The molecule has 1 heterocycles. The topological polar surface area (TPSA) is 20.3 Å². The molecule has 0 unspecified atom stereocenters. The minimum absolute atomic E-state index is 0.330. The molecule has 2 aliphatic rings. The molecule has 0 bridgehead atoms. The minimum Gasteiger partial charge on any atom is -0.338 e. The molecule has 1 saturated carbocycles. The molecule has 1 amide bonds. The summed E-state index contributed by atoms with van der Waals surface area (Å²) in [5.74, 6) is 0.710. The van der Waals surface area contributed by atoms with Crippen LogP contribution in [0.2, 0.25) is 0 Å². The van der Waals surface area contributed by atoms with Crippen molar-refractivity contribution in [3.05, 3.63) is 42.0 Å². The maximum absolute atomic E-state index is 12.1. The van der Waals surface area contributed by atoms with Crippen LogP contribution in [-0.2, 0) is 4.79 Å². The Morgan fingerprint density at radius 2 is 1.94 bits per heavy atom. The fourth-order valence-corrected chi connectivity index (χ4v) is 2.70. The third-order valence-electron chi connectivity index (χ3n) is 4.12. The van der Waals surface area contributed by atoms with Gasteiger partial charge in [-0.3, -0.25) is 4.79 Å². The summed E-state index contributed by atoms with van der Waals surface area (Å²) in [5.41, 5.74) is 2.68. The molecule has 1 aliphatic carbocycles. The standard InChI is InChI=1S/C16H19NO/c18-16(15-7-4-8-15)17-11-9-14(10-12-17)13-5-2-1-3-6-13/h1-3,5-6,9,15H,4,7-8,10-12H2. The van der Waals surface area contributed by atoms with Crippen LogP contribution in [0.3, 0.4) is 0 Å². The van der Waals surface area contributed by atoms with Crippen LogP contribution in [0, 0.1) is 5.92 Å². The Balaban J connectivity index is 1.66. The van der Waals surface area contributed by atoms with Crippen molar-refractivity contribution in [1.82, 2.24) is 4.90 Å². The zero-order valence-corrected chi connectivity index (χ0v) is 10.6. The van der Waals surface area contributed by atoms with Crippen molar-refractivity contribution >= 4 is 11.5 Å². The van der Waals surface area contributed by atoms with Gasteiger partial charge in [-0.2, -0.15) is 0 Å². The van der Waals surface area contributed by atoms with E-state index in [4.69, 9.17) is 0 Å². The van der Waals surface area contributed by atoms with Crippen LogP contribution in [0.15, 0.2) is 36.4 Å². The van der Waals surface area contributed by atoms with E-state index in [9.17, 15) is 4.79 Å². The second kappa shape index (κ2) is 4.97. The van der Waals surface area contributed by atoms with Crippen LogP contribution < -0.4 is 0 Å². The molecule has 1 fully saturated rings. The Bertz CT molecular complexity index is 459. The van der Waals surface area contributed by atoms with Gasteiger partial charge in [-0.1, -0.05) is 42.8 Å². The van der Waals surface area contributed by atoms with Crippen LogP contribution >= 0.6 is 0 Å². The second-order valence-electron chi connectivity index (χ2n) is 5.26. The number of benzene rings is 1. The Labute approximate surface area is 108 Å². The number of nitrogens with zero attached hydrogens (tertiary/aromatic N) is 1. The molecule has 0 radical (unpaired) electrons. The summed E-state index contributed by atoms with van der Waals surface area (Å²) in [6.45, 7) is 1.68. The van der Waals surface area contributed by atoms with Gasteiger partial charge in [0.25, 0.3) is 0 Å². The summed E-state index contributed by atoms with van der Waals surface area (Å²) in [7, 11) is 0. The van der Waals surface area contributed by atoms with Gasteiger partial charge in [0.2, 0.25) is 5.91 Å². The minimum atomic E-state index is 0.330. The SMILES string of the molecule is O=C(C1CCC1)N1CC=C(c2ccccc2)CC1. The van der Waals surface area contributed by atoms with Gasteiger partial charge in [0.1, 0.15) is 0 Å². The lowest BCUT2D eigenvalue weighted by atomic mass is 9.84. The summed E-state index contributed by atoms with van der Waals surface area (Å²) in [5, 5.41) is 0. The summed E-state index contributed by atoms with van der Waals surface area (Å²) >= 11 is 0. The van der Waals surface area contributed by atoms with Gasteiger partial charge in [0.05, 0.1) is 0 Å². The van der Waals surface area contributed by atoms with Crippen LogP contribution in [0.5, 0.6) is 0 Å². The first kappa shape index (κ1) is 11.5. The highest BCUT2D eigenvalue weighted by Crippen LogP contribution is 2.30. The number of rotatable bonds is 2. The van der Waals surface area contributed by atoms with Crippen LogP contribution in [0.1, 0.15) is 31.2 Å². The smallest absolute Gasteiger partial charge is 0.225 e. The average molecular weight is 241 g/mol. The van der Waals surface area contributed by atoms with E-state index in [-0.39, 0.29) is 0 Å². The first-order valence-electron chi connectivity index (χ1n) is 6.88. The van der Waals surface area contributed by atoms with Gasteiger partial charge in [-0.25, -0.2) is 0 Å². The lowest BCUT2D eigenvalue weighted by Crippen LogP contribution is -2.41. The highest BCUT2D eigenvalue weighted by molar-refractivity contribution is 5.81. The molecule has 94 valence electrons. The van der Waals surface area contributed by atoms with Crippen LogP contribution in [0.25, 0.3) is 5.57 Å². The molecule has 0 spiro atoms. The van der Waals surface area contributed by atoms with E-state index in [2.05, 4.69) is 30.3 Å². The zero-order valence-electron chi connectivity index (χ0n) is 10.6. The van der Waals surface area contributed by atoms with Gasteiger partial charge in [0, 0.05) is 19.0 Å². The fourth-order valence-electron chi connectivity index (χ4n) is 2.70. The van der Waals surface area contributed by atoms with E-state index in [0.29, 0.717) is 11.8 Å². The Kier molecular flexibility index (Phi) is 3.18. The average Bonchev–Trinajstić information content (AvgIpc) is 2.38. The van der Waals surface area contributed by atoms with E-state index < -0.39 is 0 Å². The first-order valence-corrected chi connectivity index (χ1v) is 6.88. The summed E-state index contributed by atoms with van der Waals surface area (Å²) in [4.78, 5) is 14.1. The molecular formula is C16H19NO. The van der Waals surface area contributed by atoms with E-state index in [1.54, 1.807) is 0 Å². The second-order valence-corrected chi connectivity index (χ2v) is 5.26. The van der Waals surface area contributed by atoms with Crippen molar-refractivity contribution in [2.75, 3.05) is 13.1 Å². The maximum Gasteiger partial charge on any atom is 0.225 e. The summed E-state index contributed by atoms with van der Waals surface area (Å²) in [6.07, 6.45) is 6.64. The highest BCUT2D eigenvalue weighted by atomic mass is 16.2. The van der Waals surface area contributed by atoms with Crippen molar-refractivity contribution < 1.29 is 4.79 Å². The molecule has 2 nitrogen and oxygen atoms in total. The van der Waals surface area contributed by atoms with Gasteiger partial charge < -0.3 is 4.90 Å². The number of carbonyl (C=O) groups excluding carboxylic acids is 1. The van der Waals surface area contributed by atoms with Crippen molar-refractivity contribution in [2.24, 2.45) is 5.92 Å². The molecule has 1 aromatic rings. The van der Waals surface area contributed by atoms with Crippen molar-refractivity contribution in [3.8, 4) is 0 Å². The lowest BCUT2D eigenvalue weighted by Gasteiger charge is -2.33. The normalized spacial score (nSPS) is 20.2. The quantitative estimate of drug-likeness (QED) is 0.779. The maximum atomic E-state index is 12.1. The van der Waals surface area contributed by atoms with E-state index in [1.807, 2.05) is 11.0 Å². The largest absolute Gasteiger partial charge is 0.338 e. The molecule has 0 aromatic heterocycles. The third kappa shape index (κ3) is 2.20. The number of hydrogen-bond acceptors (Lipinski definition) is 1. The molecule has 18 heavy (non-hydrogen) atoms. The molecule has 3 rings (SSSR count). The van der Waals surface area contributed by atoms with Gasteiger partial charge in [0.15, 0.2) is 0 Å². The fraction of sp³-hybridized carbons (Fsp3) is 0.438. The van der Waals surface area contributed by atoms with E-state index >= 15 is 0 Å². The zero-order chi connectivity index (χ0) is 12.4. The van der Waals surface area contributed by atoms with Gasteiger partial charge in [-0.15, -0.1) is 0 Å². The van der Waals surface area contributed by atoms with Crippen LogP contribution in [0.4, 0.5) is 0 Å². The molecule has 1 aromatic carbocycles. The summed E-state index contributed by atoms with van der Waals surface area (Å²) < 4.78 is 0. The monoisotopic (exact) mass is 241 g/mol. The van der Waals surface area contributed by atoms with E-state index in [0.717, 1.165) is 32.4 Å². The molecule has 1 aliphatic heterocycles. The van der Waals surface area contributed by atoms with Gasteiger partial charge in [-0.05, 0) is 30.4 Å². The van der Waals surface area contributed by atoms with Crippen molar-refractivity contribution in [2.45, 2.75) is 25.7 Å². The summed E-state index contributed by atoms with van der Waals surface area (Å²) in [6, 6.07) is 10.5. The Morgan fingerprint density at radius 3 is 2.50 bits per heavy atom. The predicted octanol–water partition coefficient (Wildman–Crippen LogP) is 3.10. The molecular weight excluding hydrogens is 222 g/mol. The Hall–Kier alpha value is -1.57. The number of amides is 1. The van der Waals surface area contributed by atoms with E-state index in [1.165, 1.54) is 17.6 Å².